The lowest BCUT2D eigenvalue weighted by molar-refractivity contribution is -0.132. The van der Waals surface area contributed by atoms with Crippen molar-refractivity contribution in [1.29, 1.82) is 0 Å². The lowest BCUT2D eigenvalue weighted by Crippen LogP contribution is -2.43. The van der Waals surface area contributed by atoms with Crippen molar-refractivity contribution < 1.29 is 9.53 Å². The predicted molar refractivity (Wildman–Crippen MR) is 72.4 cm³/mol. The van der Waals surface area contributed by atoms with Gasteiger partial charge in [-0.3, -0.25) is 4.79 Å². The Morgan fingerprint density at radius 3 is 2.56 bits per heavy atom. The summed E-state index contributed by atoms with van der Waals surface area (Å²) in [5, 5.41) is 0. The average molecular weight is 270 g/mol. The Morgan fingerprint density at radius 2 is 2.00 bits per heavy atom. The van der Waals surface area contributed by atoms with Crippen molar-refractivity contribution >= 4 is 17.7 Å². The van der Waals surface area contributed by atoms with E-state index in [1.54, 1.807) is 11.8 Å². The van der Waals surface area contributed by atoms with Crippen LogP contribution in [-0.4, -0.2) is 54.2 Å². The number of likely N-dealkylation sites (tertiary alicyclic amines) is 1. The summed E-state index contributed by atoms with van der Waals surface area (Å²) in [7, 11) is 0. The van der Waals surface area contributed by atoms with Crippen LogP contribution in [-0.2, 0) is 9.53 Å². The summed E-state index contributed by atoms with van der Waals surface area (Å²) in [6.07, 6.45) is 6.04. The van der Waals surface area contributed by atoms with E-state index in [0.29, 0.717) is 24.0 Å². The summed E-state index contributed by atoms with van der Waals surface area (Å²) in [4.78, 5) is 14.3. The Balaban J connectivity index is 1.57. The molecule has 2 bridgehead atoms. The van der Waals surface area contributed by atoms with Crippen LogP contribution in [0.1, 0.15) is 19.3 Å². The molecule has 1 amide bonds. The number of amides is 1. The molecule has 5 atom stereocenters. The van der Waals surface area contributed by atoms with E-state index in [-0.39, 0.29) is 11.9 Å². The molecular weight excluding hydrogens is 248 g/mol. The van der Waals surface area contributed by atoms with E-state index in [1.807, 2.05) is 11.2 Å². The van der Waals surface area contributed by atoms with E-state index >= 15 is 0 Å². The van der Waals surface area contributed by atoms with Crippen LogP contribution < -0.4 is 5.73 Å². The van der Waals surface area contributed by atoms with E-state index in [1.165, 1.54) is 12.8 Å². The molecular formula is C13H22N2O2S. The standard InChI is InChI=1S/C13H22N2O2S/c1-18-5-4-10(14)13(16)15-6-8-9(7-15)12-3-2-11(8)17-12/h8-12H,2-7,14H2,1H3/t8?,9?,10-,11?,12?/m0/s1. The molecule has 3 fully saturated rings. The van der Waals surface area contributed by atoms with E-state index in [9.17, 15) is 4.79 Å². The third-order valence-electron chi connectivity index (χ3n) is 4.71. The molecule has 3 aliphatic rings. The minimum absolute atomic E-state index is 0.151. The van der Waals surface area contributed by atoms with E-state index < -0.39 is 0 Å². The zero-order valence-electron chi connectivity index (χ0n) is 10.9. The van der Waals surface area contributed by atoms with Crippen molar-refractivity contribution in [2.75, 3.05) is 25.1 Å². The molecule has 4 nitrogen and oxygen atoms in total. The summed E-state index contributed by atoms with van der Waals surface area (Å²) in [6.45, 7) is 1.75. The second-order valence-electron chi connectivity index (χ2n) is 5.75. The van der Waals surface area contributed by atoms with Crippen LogP contribution in [0.3, 0.4) is 0 Å². The molecule has 0 saturated carbocycles. The largest absolute Gasteiger partial charge is 0.374 e. The monoisotopic (exact) mass is 270 g/mol. The van der Waals surface area contributed by atoms with Gasteiger partial charge in [0, 0.05) is 24.9 Å². The van der Waals surface area contributed by atoms with E-state index in [2.05, 4.69) is 0 Å². The lowest BCUT2D eigenvalue weighted by Gasteiger charge is -2.22. The molecule has 0 spiro atoms. The highest BCUT2D eigenvalue weighted by atomic mass is 32.2. The molecule has 0 radical (unpaired) electrons. The first kappa shape index (κ1) is 12.8. The number of thioether (sulfide) groups is 1. The van der Waals surface area contributed by atoms with Crippen molar-refractivity contribution in [3.05, 3.63) is 0 Å². The minimum Gasteiger partial charge on any atom is -0.374 e. The first-order valence-corrected chi connectivity index (χ1v) is 8.29. The van der Waals surface area contributed by atoms with Crippen molar-refractivity contribution in [2.24, 2.45) is 17.6 Å². The summed E-state index contributed by atoms with van der Waals surface area (Å²) in [6, 6.07) is -0.310. The predicted octanol–water partition coefficient (Wildman–Crippen LogP) is 0.703. The molecule has 102 valence electrons. The lowest BCUT2D eigenvalue weighted by atomic mass is 9.82. The van der Waals surface area contributed by atoms with Gasteiger partial charge >= 0.3 is 0 Å². The summed E-state index contributed by atoms with van der Waals surface area (Å²) >= 11 is 1.75. The molecule has 3 saturated heterocycles. The van der Waals surface area contributed by atoms with E-state index in [4.69, 9.17) is 10.5 Å². The summed E-state index contributed by atoms with van der Waals surface area (Å²) < 4.78 is 5.92. The number of rotatable bonds is 4. The van der Waals surface area contributed by atoms with E-state index in [0.717, 1.165) is 25.3 Å². The maximum absolute atomic E-state index is 12.3. The normalized spacial score (nSPS) is 39.1. The van der Waals surface area contributed by atoms with Gasteiger partial charge in [-0.15, -0.1) is 0 Å². The number of hydrogen-bond donors (Lipinski definition) is 1. The molecule has 2 N–H and O–H groups in total. The van der Waals surface area contributed by atoms with Crippen LogP contribution in [0.25, 0.3) is 0 Å². The quantitative estimate of drug-likeness (QED) is 0.817. The highest BCUT2D eigenvalue weighted by molar-refractivity contribution is 7.98. The number of hydrogen-bond acceptors (Lipinski definition) is 4. The Labute approximate surface area is 113 Å². The Kier molecular flexibility index (Phi) is 3.56. The number of ether oxygens (including phenoxy) is 1. The number of fused-ring (bicyclic) bond motifs is 5. The van der Waals surface area contributed by atoms with Crippen molar-refractivity contribution in [3.63, 3.8) is 0 Å². The Hall–Kier alpha value is -0.260. The van der Waals surface area contributed by atoms with Gasteiger partial charge in [0.2, 0.25) is 5.91 Å². The summed E-state index contributed by atoms with van der Waals surface area (Å²) in [5.74, 6) is 2.28. The van der Waals surface area contributed by atoms with Crippen LogP contribution in [0.5, 0.6) is 0 Å². The zero-order chi connectivity index (χ0) is 12.7. The van der Waals surface area contributed by atoms with Gasteiger partial charge in [-0.2, -0.15) is 11.8 Å². The van der Waals surface area contributed by atoms with Crippen LogP contribution >= 0.6 is 11.8 Å². The fourth-order valence-corrected chi connectivity index (χ4v) is 4.23. The van der Waals surface area contributed by atoms with Gasteiger partial charge in [0.15, 0.2) is 0 Å². The molecule has 0 aliphatic carbocycles. The van der Waals surface area contributed by atoms with Crippen LogP contribution in [0, 0.1) is 11.8 Å². The van der Waals surface area contributed by atoms with Gasteiger partial charge in [0.25, 0.3) is 0 Å². The number of carbonyl (C=O) groups is 1. The van der Waals surface area contributed by atoms with Gasteiger partial charge in [-0.05, 0) is 31.3 Å². The van der Waals surface area contributed by atoms with Crippen LogP contribution in [0.2, 0.25) is 0 Å². The Bertz CT molecular complexity index is 321. The third-order valence-corrected chi connectivity index (χ3v) is 5.36. The first-order valence-electron chi connectivity index (χ1n) is 6.89. The number of carbonyl (C=O) groups excluding carboxylic acids is 1. The average Bonchev–Trinajstić information content (AvgIpc) is 3.05. The SMILES string of the molecule is CSCC[C@H](N)C(=O)N1CC2C3CCC(O3)C2C1. The third kappa shape index (κ3) is 2.06. The highest BCUT2D eigenvalue weighted by Gasteiger charge is 2.53. The van der Waals surface area contributed by atoms with Gasteiger partial charge in [-0.1, -0.05) is 0 Å². The maximum Gasteiger partial charge on any atom is 0.239 e. The molecule has 18 heavy (non-hydrogen) atoms. The molecule has 0 aromatic rings. The molecule has 4 unspecified atom stereocenters. The Morgan fingerprint density at radius 1 is 1.39 bits per heavy atom. The molecule has 3 heterocycles. The fraction of sp³-hybridized carbons (Fsp3) is 0.923. The van der Waals surface area contributed by atoms with Gasteiger partial charge in [0.05, 0.1) is 18.2 Å². The number of nitrogens with two attached hydrogens (primary N) is 1. The molecule has 3 rings (SSSR count). The molecule has 0 aromatic carbocycles. The summed E-state index contributed by atoms with van der Waals surface area (Å²) in [5.41, 5.74) is 5.98. The van der Waals surface area contributed by atoms with Crippen molar-refractivity contribution in [1.82, 2.24) is 4.90 Å². The van der Waals surface area contributed by atoms with Gasteiger partial charge in [-0.25, -0.2) is 0 Å². The highest BCUT2D eigenvalue weighted by Crippen LogP contribution is 2.47. The second-order valence-corrected chi connectivity index (χ2v) is 6.73. The second kappa shape index (κ2) is 5.02. The molecule has 3 aliphatic heterocycles. The van der Waals surface area contributed by atoms with Crippen molar-refractivity contribution in [3.8, 4) is 0 Å². The maximum atomic E-state index is 12.3. The first-order chi connectivity index (χ1) is 8.70. The smallest absolute Gasteiger partial charge is 0.239 e. The zero-order valence-corrected chi connectivity index (χ0v) is 11.7. The van der Waals surface area contributed by atoms with Gasteiger partial charge in [0.1, 0.15) is 0 Å². The number of nitrogens with zero attached hydrogens (tertiary/aromatic N) is 1. The van der Waals surface area contributed by atoms with Crippen molar-refractivity contribution in [2.45, 2.75) is 37.5 Å². The fourth-order valence-electron chi connectivity index (χ4n) is 3.74. The molecule has 5 heteroatoms. The minimum atomic E-state index is -0.310. The molecule has 0 aromatic heterocycles. The van der Waals surface area contributed by atoms with Crippen LogP contribution in [0.15, 0.2) is 0 Å². The topological polar surface area (TPSA) is 55.6 Å². The van der Waals surface area contributed by atoms with Crippen LogP contribution in [0.4, 0.5) is 0 Å². The van der Waals surface area contributed by atoms with Gasteiger partial charge < -0.3 is 15.4 Å².